The van der Waals surface area contributed by atoms with Gasteiger partial charge in [-0.25, -0.2) is 4.98 Å². The highest BCUT2D eigenvalue weighted by Crippen LogP contribution is 2.28. The number of pyridine rings is 1. The molecule has 34 heavy (non-hydrogen) atoms. The maximum absolute atomic E-state index is 12.4. The lowest BCUT2D eigenvalue weighted by Crippen LogP contribution is -2.22. The molecule has 3 heterocycles. The normalized spacial score (nSPS) is 11.1. The van der Waals surface area contributed by atoms with E-state index in [1.165, 1.54) is 11.1 Å². The molecule has 0 unspecified atom stereocenters. The number of nitrogens with one attached hydrogen (secondary N) is 1. The average molecular weight is 469 g/mol. The van der Waals surface area contributed by atoms with Crippen molar-refractivity contribution in [3.8, 4) is 0 Å². The van der Waals surface area contributed by atoms with E-state index in [1.54, 1.807) is 30.3 Å². The number of hydrogen-bond donors (Lipinski definition) is 1. The van der Waals surface area contributed by atoms with E-state index >= 15 is 0 Å². The lowest BCUT2D eigenvalue weighted by atomic mass is 10.1. The van der Waals surface area contributed by atoms with Crippen LogP contribution in [0.4, 0.5) is 0 Å². The average Bonchev–Trinajstić information content (AvgIpc) is 3.51. The molecule has 0 radical (unpaired) electrons. The summed E-state index contributed by atoms with van der Waals surface area (Å²) in [5.41, 5.74) is 6.23. The van der Waals surface area contributed by atoms with Crippen LogP contribution in [0.25, 0.3) is 11.0 Å². The first-order valence-electron chi connectivity index (χ1n) is 11.0. The number of thioether (sulfide) groups is 1. The lowest BCUT2D eigenvalue weighted by molar-refractivity contribution is 0.0948. The van der Waals surface area contributed by atoms with Crippen molar-refractivity contribution < 1.29 is 9.21 Å². The number of benzene rings is 2. The van der Waals surface area contributed by atoms with Crippen molar-refractivity contribution in [1.29, 1.82) is 0 Å². The third kappa shape index (κ3) is 4.89. The second-order valence-corrected chi connectivity index (χ2v) is 8.96. The van der Waals surface area contributed by atoms with E-state index in [2.05, 4.69) is 46.1 Å². The van der Waals surface area contributed by atoms with Crippen molar-refractivity contribution in [3.05, 3.63) is 113 Å². The summed E-state index contributed by atoms with van der Waals surface area (Å²) in [5, 5.41) is 3.82. The van der Waals surface area contributed by atoms with E-state index in [1.807, 2.05) is 42.6 Å². The Morgan fingerprint density at radius 1 is 1.06 bits per heavy atom. The molecule has 5 rings (SSSR count). The van der Waals surface area contributed by atoms with Crippen LogP contribution in [0, 0.1) is 6.92 Å². The summed E-state index contributed by atoms with van der Waals surface area (Å²) in [6.45, 7) is 3.24. The molecule has 0 saturated heterocycles. The van der Waals surface area contributed by atoms with E-state index < -0.39 is 0 Å². The van der Waals surface area contributed by atoms with Crippen LogP contribution < -0.4 is 5.32 Å². The van der Waals surface area contributed by atoms with Gasteiger partial charge >= 0.3 is 0 Å². The van der Waals surface area contributed by atoms with Crippen LogP contribution in [0.1, 0.15) is 32.8 Å². The number of nitrogens with zero attached hydrogens (tertiary/aromatic N) is 3. The van der Waals surface area contributed by atoms with Gasteiger partial charge in [-0.05, 0) is 53.9 Å². The summed E-state index contributed by atoms with van der Waals surface area (Å²) in [4.78, 5) is 21.6. The monoisotopic (exact) mass is 468 g/mol. The fraction of sp³-hybridized carbons (Fsp3) is 0.148. The van der Waals surface area contributed by atoms with Crippen molar-refractivity contribution in [1.82, 2.24) is 19.9 Å². The molecule has 170 valence electrons. The van der Waals surface area contributed by atoms with Gasteiger partial charge in [0.15, 0.2) is 5.16 Å². The van der Waals surface area contributed by atoms with Gasteiger partial charge in [0.25, 0.3) is 5.91 Å². The van der Waals surface area contributed by atoms with Gasteiger partial charge < -0.3 is 14.3 Å². The summed E-state index contributed by atoms with van der Waals surface area (Å²) in [7, 11) is 0. The maximum Gasteiger partial charge on any atom is 0.251 e. The number of imidazole rings is 1. The highest BCUT2D eigenvalue weighted by Gasteiger charge is 2.13. The number of hydrogen-bond acceptors (Lipinski definition) is 5. The first-order valence-corrected chi connectivity index (χ1v) is 12.0. The Bertz CT molecular complexity index is 1410. The highest BCUT2D eigenvalue weighted by molar-refractivity contribution is 7.98. The van der Waals surface area contributed by atoms with Gasteiger partial charge in [-0.2, -0.15) is 0 Å². The molecule has 1 N–H and O–H groups in total. The second-order valence-electron chi connectivity index (χ2n) is 8.02. The maximum atomic E-state index is 12.4. The van der Waals surface area contributed by atoms with Gasteiger partial charge in [0.2, 0.25) is 0 Å². The van der Waals surface area contributed by atoms with Gasteiger partial charge in [-0.1, -0.05) is 48.2 Å². The molecule has 0 aliphatic heterocycles. The minimum absolute atomic E-state index is 0.122. The van der Waals surface area contributed by atoms with Gasteiger partial charge in [-0.3, -0.25) is 9.78 Å². The van der Waals surface area contributed by atoms with E-state index in [9.17, 15) is 4.79 Å². The molecule has 0 aliphatic carbocycles. The Labute approximate surface area is 202 Å². The molecule has 0 fully saturated rings. The number of furan rings is 1. The molecule has 2 aromatic carbocycles. The molecule has 6 nitrogen and oxygen atoms in total. The zero-order valence-electron chi connectivity index (χ0n) is 18.8. The van der Waals surface area contributed by atoms with Gasteiger partial charge in [0.05, 0.1) is 36.6 Å². The Morgan fingerprint density at radius 3 is 2.71 bits per heavy atom. The summed E-state index contributed by atoms with van der Waals surface area (Å²) in [5.74, 6) is 1.35. The quantitative estimate of drug-likeness (QED) is 0.300. The second kappa shape index (κ2) is 9.97. The van der Waals surface area contributed by atoms with E-state index in [0.717, 1.165) is 39.8 Å². The summed E-state index contributed by atoms with van der Waals surface area (Å²) in [6.07, 6.45) is 5.25. The van der Waals surface area contributed by atoms with Gasteiger partial charge in [0.1, 0.15) is 5.76 Å². The zero-order valence-corrected chi connectivity index (χ0v) is 19.6. The Balaban J connectivity index is 1.29. The van der Waals surface area contributed by atoms with Crippen LogP contribution >= 0.6 is 11.8 Å². The zero-order chi connectivity index (χ0) is 23.3. The van der Waals surface area contributed by atoms with E-state index in [-0.39, 0.29) is 5.91 Å². The number of rotatable bonds is 8. The minimum Gasteiger partial charge on any atom is -0.467 e. The highest BCUT2D eigenvalue weighted by atomic mass is 32.2. The van der Waals surface area contributed by atoms with Crippen LogP contribution in [0.15, 0.2) is 95.0 Å². The Hall–Kier alpha value is -3.84. The van der Waals surface area contributed by atoms with E-state index in [0.29, 0.717) is 12.1 Å². The van der Waals surface area contributed by atoms with Gasteiger partial charge in [-0.15, -0.1) is 0 Å². The fourth-order valence-corrected chi connectivity index (χ4v) is 4.72. The smallest absolute Gasteiger partial charge is 0.251 e. The molecular weight excluding hydrogens is 444 g/mol. The van der Waals surface area contributed by atoms with Crippen LogP contribution in [0.3, 0.4) is 0 Å². The van der Waals surface area contributed by atoms with Crippen LogP contribution in [-0.4, -0.2) is 20.4 Å². The largest absolute Gasteiger partial charge is 0.467 e. The molecule has 7 heteroatoms. The van der Waals surface area contributed by atoms with Crippen LogP contribution in [0.2, 0.25) is 0 Å². The predicted molar refractivity (Wildman–Crippen MR) is 134 cm³/mol. The molecule has 0 saturated carbocycles. The standard InChI is InChI=1S/C27H24N4O2S/c1-19-5-2-3-6-22(19)17-31-25-16-28-13-12-24(25)30-27(31)34-18-20-8-10-21(11-9-20)26(32)29-15-23-7-4-14-33-23/h2-14,16H,15,17-18H2,1H3,(H,29,32). The molecular formula is C27H24N4O2S. The number of fused-ring (bicyclic) bond motifs is 1. The summed E-state index contributed by atoms with van der Waals surface area (Å²) >= 11 is 1.68. The topological polar surface area (TPSA) is 73.0 Å². The van der Waals surface area contributed by atoms with Crippen molar-refractivity contribution in [2.45, 2.75) is 30.9 Å². The molecule has 5 aromatic rings. The van der Waals surface area contributed by atoms with E-state index in [4.69, 9.17) is 9.40 Å². The third-order valence-corrected chi connectivity index (χ3v) is 6.74. The number of aromatic nitrogens is 3. The first-order chi connectivity index (χ1) is 16.7. The number of aryl methyl sites for hydroxylation is 1. The summed E-state index contributed by atoms with van der Waals surface area (Å²) < 4.78 is 7.49. The fourth-order valence-electron chi connectivity index (χ4n) is 3.75. The first kappa shape index (κ1) is 22.0. The van der Waals surface area contributed by atoms with Crippen LogP contribution in [-0.2, 0) is 18.8 Å². The molecule has 0 aliphatic rings. The summed E-state index contributed by atoms with van der Waals surface area (Å²) in [6, 6.07) is 21.7. The van der Waals surface area contributed by atoms with Crippen molar-refractivity contribution in [3.63, 3.8) is 0 Å². The predicted octanol–water partition coefficient (Wildman–Crippen LogP) is 5.60. The number of carbonyl (C=O) groups excluding carboxylic acids is 1. The van der Waals surface area contributed by atoms with Crippen molar-refractivity contribution in [2.24, 2.45) is 0 Å². The minimum atomic E-state index is -0.122. The third-order valence-electron chi connectivity index (χ3n) is 5.69. The Morgan fingerprint density at radius 2 is 1.91 bits per heavy atom. The van der Waals surface area contributed by atoms with Crippen molar-refractivity contribution in [2.75, 3.05) is 0 Å². The molecule has 0 atom stereocenters. The molecule has 1 amide bonds. The Kier molecular flexibility index (Phi) is 6.44. The molecule has 0 bridgehead atoms. The van der Waals surface area contributed by atoms with Crippen molar-refractivity contribution >= 4 is 28.7 Å². The van der Waals surface area contributed by atoms with Crippen LogP contribution in [0.5, 0.6) is 0 Å². The number of amides is 1. The molecule has 0 spiro atoms. The SMILES string of the molecule is Cc1ccccc1Cn1c(SCc2ccc(C(=O)NCc3ccco3)cc2)nc2ccncc21. The lowest BCUT2D eigenvalue weighted by Gasteiger charge is -2.11. The van der Waals surface area contributed by atoms with Gasteiger partial charge in [0, 0.05) is 17.5 Å². The number of carbonyl (C=O) groups is 1. The molecule has 3 aromatic heterocycles.